The Morgan fingerprint density at radius 3 is 2.29 bits per heavy atom. The van der Waals surface area contributed by atoms with Gasteiger partial charge in [-0.2, -0.15) is 0 Å². The van der Waals surface area contributed by atoms with Crippen LogP contribution in [0.3, 0.4) is 0 Å². The van der Waals surface area contributed by atoms with Gasteiger partial charge in [-0.05, 0) is 40.8 Å². The van der Waals surface area contributed by atoms with Gasteiger partial charge in [0, 0.05) is 12.5 Å². The number of carbonyl (C=O) groups excluding carboxylic acids is 1. The van der Waals surface area contributed by atoms with Crippen LogP contribution in [0.2, 0.25) is 0 Å². The summed E-state index contributed by atoms with van der Waals surface area (Å²) >= 11 is 0. The number of aliphatic hydroxyl groups excluding tert-OH is 2. The van der Waals surface area contributed by atoms with Crippen LogP contribution in [0.15, 0.2) is 66.7 Å². The summed E-state index contributed by atoms with van der Waals surface area (Å²) in [4.78, 5) is 16.2. The van der Waals surface area contributed by atoms with Gasteiger partial charge in [-0.1, -0.05) is 54.6 Å². The molecular weight excluding hydrogens is 394 g/mol. The number of nitrogens with one attached hydrogen (secondary N) is 1. The van der Waals surface area contributed by atoms with Gasteiger partial charge in [0.15, 0.2) is 0 Å². The molecule has 0 fully saturated rings. The molecule has 5 N–H and O–H groups in total. The zero-order chi connectivity index (χ0) is 21.8. The number of ether oxygens (including phenoxy) is 1. The summed E-state index contributed by atoms with van der Waals surface area (Å²) in [7, 11) is 0. The summed E-state index contributed by atoms with van der Waals surface area (Å²) in [5, 5.41) is 23.0. The Kier molecular flexibility index (Phi) is 6.16. The summed E-state index contributed by atoms with van der Waals surface area (Å²) in [6.07, 6.45) is -2.70. The minimum atomic E-state index is -1.19. The van der Waals surface area contributed by atoms with Crippen molar-refractivity contribution in [1.29, 1.82) is 0 Å². The molecule has 0 saturated heterocycles. The van der Waals surface area contributed by atoms with E-state index in [1.165, 1.54) is 11.1 Å². The van der Waals surface area contributed by atoms with E-state index in [-0.39, 0.29) is 37.0 Å². The van der Waals surface area contributed by atoms with Crippen molar-refractivity contribution in [2.24, 2.45) is 0 Å². The van der Waals surface area contributed by atoms with Crippen molar-refractivity contribution in [2.45, 2.75) is 24.5 Å². The SMILES string of the molecule is Nc1cccc(C(O)C(O)CCNC(=O)OCC2c3ccccc3-c3ccccc32)n1. The van der Waals surface area contributed by atoms with Gasteiger partial charge in [-0.3, -0.25) is 0 Å². The number of nitrogens with two attached hydrogens (primary N) is 1. The van der Waals surface area contributed by atoms with Crippen LogP contribution in [0.5, 0.6) is 0 Å². The molecule has 7 heteroatoms. The molecule has 0 bridgehead atoms. The van der Waals surface area contributed by atoms with Crippen LogP contribution in [-0.2, 0) is 4.74 Å². The standard InChI is InChI=1S/C24H25N3O4/c25-22-11-5-10-20(27-22)23(29)21(28)12-13-26-24(30)31-14-19-17-8-3-1-6-15(17)16-7-2-4-9-18(16)19/h1-11,19,21,23,28-29H,12-14H2,(H2,25,27)(H,26,30). The number of rotatable bonds is 7. The van der Waals surface area contributed by atoms with Crippen molar-refractivity contribution in [1.82, 2.24) is 10.3 Å². The Labute approximate surface area is 180 Å². The fourth-order valence-electron chi connectivity index (χ4n) is 3.96. The number of hydrogen-bond acceptors (Lipinski definition) is 6. The highest BCUT2D eigenvalue weighted by Gasteiger charge is 2.29. The number of fused-ring (bicyclic) bond motifs is 3. The lowest BCUT2D eigenvalue weighted by molar-refractivity contribution is 0.0113. The van der Waals surface area contributed by atoms with Crippen LogP contribution in [0, 0.1) is 0 Å². The number of carbonyl (C=O) groups is 1. The van der Waals surface area contributed by atoms with E-state index in [9.17, 15) is 15.0 Å². The summed E-state index contributed by atoms with van der Waals surface area (Å²) in [6.45, 7) is 0.371. The average molecular weight is 419 g/mol. The lowest BCUT2D eigenvalue weighted by Gasteiger charge is -2.18. The van der Waals surface area contributed by atoms with Crippen LogP contribution < -0.4 is 11.1 Å². The molecule has 1 aromatic heterocycles. The third-order valence-electron chi connectivity index (χ3n) is 5.51. The maximum absolute atomic E-state index is 12.2. The van der Waals surface area contributed by atoms with Gasteiger partial charge in [-0.15, -0.1) is 0 Å². The molecule has 0 spiro atoms. The largest absolute Gasteiger partial charge is 0.449 e. The second kappa shape index (κ2) is 9.16. The summed E-state index contributed by atoms with van der Waals surface area (Å²) < 4.78 is 5.46. The fourth-order valence-corrected chi connectivity index (χ4v) is 3.96. The third-order valence-corrected chi connectivity index (χ3v) is 5.51. The Balaban J connectivity index is 1.28. The van der Waals surface area contributed by atoms with Crippen LogP contribution in [0.25, 0.3) is 11.1 Å². The maximum atomic E-state index is 12.2. The Morgan fingerprint density at radius 2 is 1.65 bits per heavy atom. The van der Waals surface area contributed by atoms with Gasteiger partial charge < -0.3 is 26.0 Å². The lowest BCUT2D eigenvalue weighted by atomic mass is 9.98. The van der Waals surface area contributed by atoms with Crippen molar-refractivity contribution in [3.8, 4) is 11.1 Å². The zero-order valence-electron chi connectivity index (χ0n) is 16.9. The number of pyridine rings is 1. The molecule has 2 atom stereocenters. The van der Waals surface area contributed by atoms with Gasteiger partial charge in [0.1, 0.15) is 18.5 Å². The molecule has 1 aliphatic rings. The number of anilines is 1. The molecule has 1 aliphatic carbocycles. The van der Waals surface area contributed by atoms with Crippen molar-refractivity contribution in [3.05, 3.63) is 83.6 Å². The second-order valence-corrected chi connectivity index (χ2v) is 7.54. The molecular formula is C24H25N3O4. The van der Waals surface area contributed by atoms with Crippen molar-refractivity contribution >= 4 is 11.9 Å². The Bertz CT molecular complexity index is 1030. The number of nitrogen functional groups attached to an aromatic ring is 1. The highest BCUT2D eigenvalue weighted by atomic mass is 16.5. The number of aliphatic hydroxyl groups is 2. The van der Waals surface area contributed by atoms with Crippen LogP contribution >= 0.6 is 0 Å². The first kappa shape index (κ1) is 20.8. The van der Waals surface area contributed by atoms with Crippen LogP contribution in [-0.4, -0.2) is 40.5 Å². The maximum Gasteiger partial charge on any atom is 0.407 e. The molecule has 31 heavy (non-hydrogen) atoms. The second-order valence-electron chi connectivity index (χ2n) is 7.54. The minimum Gasteiger partial charge on any atom is -0.449 e. The van der Waals surface area contributed by atoms with E-state index in [2.05, 4.69) is 34.6 Å². The van der Waals surface area contributed by atoms with E-state index in [1.807, 2.05) is 24.3 Å². The van der Waals surface area contributed by atoms with Gasteiger partial charge in [0.25, 0.3) is 0 Å². The van der Waals surface area contributed by atoms with Crippen LogP contribution in [0.1, 0.15) is 35.3 Å². The summed E-state index contributed by atoms with van der Waals surface area (Å²) in [5.41, 5.74) is 10.5. The van der Waals surface area contributed by atoms with Crippen LogP contribution in [0.4, 0.5) is 10.6 Å². The van der Waals surface area contributed by atoms with E-state index in [4.69, 9.17) is 10.5 Å². The van der Waals surface area contributed by atoms with E-state index < -0.39 is 18.3 Å². The fraction of sp³-hybridized carbons (Fsp3) is 0.250. The molecule has 2 unspecified atom stereocenters. The van der Waals surface area contributed by atoms with Gasteiger partial charge in [-0.25, -0.2) is 9.78 Å². The average Bonchev–Trinajstić information content (AvgIpc) is 3.11. The molecule has 3 aromatic rings. The number of aromatic nitrogens is 1. The lowest BCUT2D eigenvalue weighted by Crippen LogP contribution is -2.31. The monoisotopic (exact) mass is 419 g/mol. The Hall–Kier alpha value is -3.42. The molecule has 160 valence electrons. The molecule has 2 aromatic carbocycles. The Morgan fingerprint density at radius 1 is 1.00 bits per heavy atom. The third kappa shape index (κ3) is 4.52. The molecule has 7 nitrogen and oxygen atoms in total. The summed E-state index contributed by atoms with van der Waals surface area (Å²) in [6, 6.07) is 21.1. The van der Waals surface area contributed by atoms with E-state index >= 15 is 0 Å². The topological polar surface area (TPSA) is 118 Å². The number of nitrogens with zero attached hydrogens (tertiary/aromatic N) is 1. The van der Waals surface area contributed by atoms with Gasteiger partial charge >= 0.3 is 6.09 Å². The predicted octanol–water partition coefficient (Wildman–Crippen LogP) is 2.99. The quantitative estimate of drug-likeness (QED) is 0.468. The number of hydrogen-bond donors (Lipinski definition) is 4. The zero-order valence-corrected chi connectivity index (χ0v) is 16.9. The van der Waals surface area contributed by atoms with Crippen molar-refractivity contribution < 1.29 is 19.7 Å². The number of alkyl carbamates (subject to hydrolysis) is 1. The number of amides is 1. The first-order chi connectivity index (χ1) is 15.0. The van der Waals surface area contributed by atoms with E-state index in [0.717, 1.165) is 11.1 Å². The minimum absolute atomic E-state index is 0.0137. The molecule has 1 amide bonds. The first-order valence-corrected chi connectivity index (χ1v) is 10.2. The molecule has 0 radical (unpaired) electrons. The van der Waals surface area contributed by atoms with E-state index in [1.54, 1.807) is 18.2 Å². The highest BCUT2D eigenvalue weighted by Crippen LogP contribution is 2.44. The molecule has 1 heterocycles. The first-order valence-electron chi connectivity index (χ1n) is 10.2. The summed E-state index contributed by atoms with van der Waals surface area (Å²) in [5.74, 6) is 0.251. The van der Waals surface area contributed by atoms with Gasteiger partial charge in [0.2, 0.25) is 0 Å². The highest BCUT2D eigenvalue weighted by molar-refractivity contribution is 5.79. The van der Waals surface area contributed by atoms with Crippen molar-refractivity contribution in [3.63, 3.8) is 0 Å². The molecule has 0 saturated carbocycles. The normalized spacial score (nSPS) is 14.4. The van der Waals surface area contributed by atoms with Crippen molar-refractivity contribution in [2.75, 3.05) is 18.9 Å². The smallest absolute Gasteiger partial charge is 0.407 e. The molecule has 0 aliphatic heterocycles. The van der Waals surface area contributed by atoms with Gasteiger partial charge in [0.05, 0.1) is 11.8 Å². The molecule has 4 rings (SSSR count). The predicted molar refractivity (Wildman–Crippen MR) is 117 cm³/mol. The number of benzene rings is 2. The van der Waals surface area contributed by atoms with E-state index in [0.29, 0.717) is 0 Å².